The summed E-state index contributed by atoms with van der Waals surface area (Å²) < 4.78 is 37.6. The maximum Gasteiger partial charge on any atom is 0.424 e. The normalized spacial score (nSPS) is 12.1. The monoisotopic (exact) mass is 554 g/mol. The minimum absolute atomic E-state index is 0.139. The van der Waals surface area contributed by atoms with Crippen molar-refractivity contribution in [1.82, 2.24) is 4.31 Å². The van der Waals surface area contributed by atoms with Gasteiger partial charge in [0.25, 0.3) is 10.0 Å². The number of carbonyl (C=O) groups excluding carboxylic acids is 2. The van der Waals surface area contributed by atoms with Crippen molar-refractivity contribution < 1.29 is 27.5 Å². The van der Waals surface area contributed by atoms with Gasteiger partial charge in [-0.2, -0.15) is 0 Å². The number of amides is 2. The second-order valence-electron chi connectivity index (χ2n) is 9.62. The number of ether oxygens (including phenoxy) is 2. The predicted molar refractivity (Wildman–Crippen MR) is 134 cm³/mol. The van der Waals surface area contributed by atoms with Gasteiger partial charge in [0.1, 0.15) is 11.2 Å². The van der Waals surface area contributed by atoms with Crippen molar-refractivity contribution in [3.05, 3.63) is 58.6 Å². The van der Waals surface area contributed by atoms with E-state index in [1.54, 1.807) is 41.5 Å². The Morgan fingerprint density at radius 3 is 1.91 bits per heavy atom. The topological polar surface area (TPSA) is 93.2 Å². The van der Waals surface area contributed by atoms with Gasteiger partial charge < -0.3 is 9.47 Å². The van der Waals surface area contributed by atoms with Crippen LogP contribution in [-0.2, 0) is 26.0 Å². The lowest BCUT2D eigenvalue weighted by molar-refractivity contribution is 0.0419. The summed E-state index contributed by atoms with van der Waals surface area (Å²) in [5.41, 5.74) is -0.298. The van der Waals surface area contributed by atoms with E-state index in [0.717, 1.165) is 12.6 Å². The number of hydrogen-bond donors (Lipinski definition) is 0. The molecule has 0 unspecified atom stereocenters. The lowest BCUT2D eigenvalue weighted by Gasteiger charge is -2.28. The molecule has 0 aliphatic carbocycles. The average Bonchev–Trinajstić information content (AvgIpc) is 2.69. The molecule has 0 N–H and O–H groups in total. The molecule has 0 aliphatic rings. The van der Waals surface area contributed by atoms with Crippen molar-refractivity contribution in [2.45, 2.75) is 64.2 Å². The van der Waals surface area contributed by atoms with Gasteiger partial charge in [0.2, 0.25) is 0 Å². The van der Waals surface area contributed by atoms with Gasteiger partial charge in [-0.1, -0.05) is 30.3 Å². The Kier molecular flexibility index (Phi) is 8.42. The van der Waals surface area contributed by atoms with Gasteiger partial charge >= 0.3 is 12.2 Å². The SMILES string of the molecule is CN(C(=O)OC(C)(C)C)S(=O)(=O)c1ccc(N(Cc2ccccc2)C(=O)OC(C)(C)C)c(Br)c1. The minimum Gasteiger partial charge on any atom is -0.443 e. The van der Waals surface area contributed by atoms with E-state index in [0.29, 0.717) is 14.5 Å². The molecule has 8 nitrogen and oxygen atoms in total. The van der Waals surface area contributed by atoms with Crippen LogP contribution in [0.25, 0.3) is 0 Å². The van der Waals surface area contributed by atoms with Crippen LogP contribution in [0.2, 0.25) is 0 Å². The third kappa shape index (κ3) is 7.46. The molecule has 2 aromatic rings. The Balaban J connectivity index is 2.43. The summed E-state index contributed by atoms with van der Waals surface area (Å²) in [6.07, 6.45) is -1.58. The molecule has 0 bridgehead atoms. The van der Waals surface area contributed by atoms with Gasteiger partial charge in [-0.15, -0.1) is 0 Å². The standard InChI is InChI=1S/C24H31BrN2O6S/c1-23(2,3)32-21(28)26(7)34(30,31)18-13-14-20(19(25)15-18)27(22(29)33-24(4,5)6)16-17-11-9-8-10-12-17/h8-15H,16H2,1-7H3. The van der Waals surface area contributed by atoms with E-state index in [2.05, 4.69) is 15.9 Å². The number of rotatable bonds is 5. The molecule has 2 rings (SSSR count). The first-order valence-electron chi connectivity index (χ1n) is 10.6. The van der Waals surface area contributed by atoms with Crippen molar-refractivity contribution >= 4 is 43.8 Å². The van der Waals surface area contributed by atoms with Gasteiger partial charge in [0, 0.05) is 11.5 Å². The molecule has 0 saturated heterocycles. The molecule has 0 spiro atoms. The Hall–Kier alpha value is -2.59. The van der Waals surface area contributed by atoms with Crippen molar-refractivity contribution in [3.8, 4) is 0 Å². The number of carbonyl (C=O) groups is 2. The molecule has 0 fully saturated rings. The van der Waals surface area contributed by atoms with Crippen LogP contribution in [0.5, 0.6) is 0 Å². The van der Waals surface area contributed by atoms with Crippen LogP contribution in [0, 0.1) is 0 Å². The summed E-state index contributed by atoms with van der Waals surface area (Å²) in [6, 6.07) is 13.5. The molecule has 186 valence electrons. The lowest BCUT2D eigenvalue weighted by atomic mass is 10.2. The zero-order valence-electron chi connectivity index (χ0n) is 20.5. The van der Waals surface area contributed by atoms with Crippen LogP contribution >= 0.6 is 15.9 Å². The average molecular weight is 555 g/mol. The van der Waals surface area contributed by atoms with Gasteiger partial charge in [-0.3, -0.25) is 4.90 Å². The van der Waals surface area contributed by atoms with Gasteiger partial charge in [0.15, 0.2) is 0 Å². The summed E-state index contributed by atoms with van der Waals surface area (Å²) in [5.74, 6) is 0. The lowest BCUT2D eigenvalue weighted by Crippen LogP contribution is -2.38. The maximum absolute atomic E-state index is 13.0. The Labute approximate surface area is 210 Å². The van der Waals surface area contributed by atoms with Crippen LogP contribution in [0.1, 0.15) is 47.1 Å². The molecule has 34 heavy (non-hydrogen) atoms. The molecule has 2 aromatic carbocycles. The van der Waals surface area contributed by atoms with Crippen LogP contribution in [0.3, 0.4) is 0 Å². The largest absolute Gasteiger partial charge is 0.443 e. The van der Waals surface area contributed by atoms with E-state index in [1.165, 1.54) is 23.1 Å². The summed E-state index contributed by atoms with van der Waals surface area (Å²) >= 11 is 3.39. The Bertz CT molecular complexity index is 1140. The molecular weight excluding hydrogens is 524 g/mol. The van der Waals surface area contributed by atoms with Crippen LogP contribution < -0.4 is 4.90 Å². The van der Waals surface area contributed by atoms with Crippen molar-refractivity contribution in [2.75, 3.05) is 11.9 Å². The number of benzene rings is 2. The zero-order valence-corrected chi connectivity index (χ0v) is 22.9. The van der Waals surface area contributed by atoms with Crippen molar-refractivity contribution in [2.24, 2.45) is 0 Å². The van der Waals surface area contributed by atoms with Gasteiger partial charge in [-0.25, -0.2) is 22.3 Å². The van der Waals surface area contributed by atoms with E-state index in [1.807, 2.05) is 30.3 Å². The highest BCUT2D eigenvalue weighted by Crippen LogP contribution is 2.32. The molecule has 0 aliphatic heterocycles. The predicted octanol–water partition coefficient (Wildman–Crippen LogP) is 5.95. The smallest absolute Gasteiger partial charge is 0.424 e. The number of halogens is 1. The van der Waals surface area contributed by atoms with Crippen molar-refractivity contribution in [1.29, 1.82) is 0 Å². The molecule has 2 amide bonds. The molecule has 0 radical (unpaired) electrons. The first kappa shape index (κ1) is 27.7. The summed E-state index contributed by atoms with van der Waals surface area (Å²) in [4.78, 5) is 26.6. The zero-order chi connectivity index (χ0) is 25.9. The maximum atomic E-state index is 13.0. The third-order valence-electron chi connectivity index (χ3n) is 4.32. The molecule has 0 aromatic heterocycles. The highest BCUT2D eigenvalue weighted by molar-refractivity contribution is 9.10. The number of hydrogen-bond acceptors (Lipinski definition) is 6. The molecule has 0 atom stereocenters. The quantitative estimate of drug-likeness (QED) is 0.453. The molecule has 0 saturated carbocycles. The number of anilines is 1. The first-order valence-corrected chi connectivity index (χ1v) is 12.8. The van der Waals surface area contributed by atoms with Gasteiger partial charge in [-0.05, 0) is 81.2 Å². The molecule has 0 heterocycles. The highest BCUT2D eigenvalue weighted by Gasteiger charge is 2.31. The second kappa shape index (κ2) is 10.4. The summed E-state index contributed by atoms with van der Waals surface area (Å²) in [6.45, 7) is 10.4. The van der Waals surface area contributed by atoms with Crippen LogP contribution in [-0.4, -0.2) is 43.2 Å². The Morgan fingerprint density at radius 1 is 0.882 bits per heavy atom. The summed E-state index contributed by atoms with van der Waals surface area (Å²) in [5, 5.41) is 0. The highest BCUT2D eigenvalue weighted by atomic mass is 79.9. The van der Waals surface area contributed by atoms with Crippen LogP contribution in [0.15, 0.2) is 57.9 Å². The van der Waals surface area contributed by atoms with E-state index in [9.17, 15) is 18.0 Å². The van der Waals surface area contributed by atoms with Crippen LogP contribution in [0.4, 0.5) is 15.3 Å². The fraction of sp³-hybridized carbons (Fsp3) is 0.417. The fourth-order valence-corrected chi connectivity index (χ4v) is 4.58. The van der Waals surface area contributed by atoms with E-state index in [4.69, 9.17) is 9.47 Å². The number of sulfonamides is 1. The van der Waals surface area contributed by atoms with Crippen molar-refractivity contribution in [3.63, 3.8) is 0 Å². The first-order chi connectivity index (χ1) is 15.5. The Morgan fingerprint density at radius 2 is 1.41 bits per heavy atom. The van der Waals surface area contributed by atoms with Gasteiger partial charge in [0.05, 0.1) is 17.1 Å². The summed E-state index contributed by atoms with van der Waals surface area (Å²) in [7, 11) is -3.06. The fourth-order valence-electron chi connectivity index (χ4n) is 2.78. The second-order valence-corrected chi connectivity index (χ2v) is 12.4. The number of nitrogens with zero attached hydrogens (tertiary/aromatic N) is 2. The van der Waals surface area contributed by atoms with E-state index < -0.39 is 33.4 Å². The molecular formula is C24H31BrN2O6S. The van der Waals surface area contributed by atoms with E-state index >= 15 is 0 Å². The third-order valence-corrected chi connectivity index (χ3v) is 6.67. The minimum atomic E-state index is -4.19. The molecule has 10 heteroatoms. The van der Waals surface area contributed by atoms with E-state index in [-0.39, 0.29) is 11.4 Å².